The van der Waals surface area contributed by atoms with Crippen molar-refractivity contribution in [2.45, 2.75) is 240 Å². The number of ether oxygens (including phenoxy) is 9. The number of hydrogen-bond donors (Lipinski definition) is 14. The van der Waals surface area contributed by atoms with Gasteiger partial charge in [0.2, 0.25) is 0 Å². The van der Waals surface area contributed by atoms with Crippen LogP contribution in [0.15, 0.2) is 0 Å². The normalized spacial score (nSPS) is 56.0. The molecule has 428 valence electrons. The Kier molecular flexibility index (Phi) is 17.6. The predicted molar refractivity (Wildman–Crippen MR) is 250 cm³/mol. The monoisotopic (exact) mass is 1070 g/mol. The molecule has 32 atom stereocenters. The Hall–Kier alpha value is -0.920. The molecular weight excluding hydrogens is 981 g/mol. The summed E-state index contributed by atoms with van der Waals surface area (Å²) in [5.74, 6) is 0.202. The van der Waals surface area contributed by atoms with E-state index in [0.29, 0.717) is 43.4 Å². The molecule has 0 aromatic rings. The Labute approximate surface area is 431 Å². The van der Waals surface area contributed by atoms with Crippen LogP contribution in [0.4, 0.5) is 0 Å². The molecule has 4 aliphatic carbocycles. The highest BCUT2D eigenvalue weighted by atomic mass is 16.8. The van der Waals surface area contributed by atoms with Gasteiger partial charge in [-0.05, 0) is 111 Å². The fraction of sp³-hybridized carbons (Fsp3) is 1.00. The third-order valence-corrected chi connectivity index (χ3v) is 20.1. The summed E-state index contributed by atoms with van der Waals surface area (Å²) in [5.41, 5.74) is -0.0583. The minimum atomic E-state index is -1.85. The molecular formula is C51H86O23. The second-order valence-electron chi connectivity index (χ2n) is 24.3. The molecule has 14 N–H and O–H groups in total. The molecule has 0 bridgehead atoms. The highest BCUT2D eigenvalue weighted by Gasteiger charge is 2.68. The van der Waals surface area contributed by atoms with Crippen LogP contribution in [0.5, 0.6) is 0 Å². The van der Waals surface area contributed by atoms with Crippen molar-refractivity contribution in [2.75, 3.05) is 26.4 Å². The molecule has 9 fully saturated rings. The van der Waals surface area contributed by atoms with Crippen LogP contribution < -0.4 is 0 Å². The minimum Gasteiger partial charge on any atom is -0.394 e. The van der Waals surface area contributed by atoms with E-state index < -0.39 is 155 Å². The molecule has 74 heavy (non-hydrogen) atoms. The Morgan fingerprint density at radius 2 is 1.12 bits per heavy atom. The number of hydrogen-bond acceptors (Lipinski definition) is 23. The topological polar surface area (TPSA) is 366 Å². The standard InChI is InChI=1S/C51H86O23/c1-20(19-66-45-39(61)37(59)34(56)29(16-52)69-45)8-13-51(65)21(2)32-28(74-51)15-27-25-7-6-23-14-24(9-11-49(23,4)26(25)10-12-50(27,32)5)68-48-44(73-46-40(62)36(58)33(55)22(3)67-46)42(64)43(31(18-54)71-48)72-47-41(63)38(60)35(57)30(17-53)70-47/h20-48,52-65H,6-19H2,1-5H3/t20-,21+,22+,23-,24+,25-,26+,27+,28+,29-,30-,31-,32+,33+,34-,35-,36-,37+,38+,39-,40-,41-,42+,43-,44-,45-,46+,47+,48-,49+,50+,51-/m1/s1. The molecule has 4 saturated carbocycles. The lowest BCUT2D eigenvalue weighted by atomic mass is 9.44. The van der Waals surface area contributed by atoms with Gasteiger partial charge in [0.15, 0.2) is 30.9 Å². The zero-order valence-corrected chi connectivity index (χ0v) is 43.1. The summed E-state index contributed by atoms with van der Waals surface area (Å²) >= 11 is 0. The first-order chi connectivity index (χ1) is 35.0. The van der Waals surface area contributed by atoms with Crippen molar-refractivity contribution >= 4 is 0 Å². The molecule has 5 aliphatic heterocycles. The molecule has 5 heterocycles. The molecule has 0 aromatic carbocycles. The maximum atomic E-state index is 12.1. The van der Waals surface area contributed by atoms with Gasteiger partial charge in [0.1, 0.15) is 91.6 Å². The lowest BCUT2D eigenvalue weighted by Crippen LogP contribution is -2.67. The average molecular weight is 1070 g/mol. The second kappa shape index (κ2) is 22.6. The highest BCUT2D eigenvalue weighted by molar-refractivity contribution is 5.15. The zero-order chi connectivity index (χ0) is 53.5. The van der Waals surface area contributed by atoms with E-state index in [1.165, 1.54) is 6.92 Å². The third kappa shape index (κ3) is 10.3. The van der Waals surface area contributed by atoms with Crippen LogP contribution in [0.3, 0.4) is 0 Å². The van der Waals surface area contributed by atoms with Crippen molar-refractivity contribution in [1.82, 2.24) is 0 Å². The summed E-state index contributed by atoms with van der Waals surface area (Å²) < 4.78 is 54.5. The van der Waals surface area contributed by atoms with Gasteiger partial charge in [0.25, 0.3) is 0 Å². The van der Waals surface area contributed by atoms with Gasteiger partial charge < -0.3 is 114 Å². The largest absolute Gasteiger partial charge is 0.394 e. The molecule has 0 amide bonds. The molecule has 0 spiro atoms. The van der Waals surface area contributed by atoms with Crippen LogP contribution in [0.25, 0.3) is 0 Å². The van der Waals surface area contributed by atoms with Crippen LogP contribution in [-0.4, -0.2) is 239 Å². The Morgan fingerprint density at radius 3 is 1.77 bits per heavy atom. The van der Waals surface area contributed by atoms with Crippen molar-refractivity contribution in [3.8, 4) is 0 Å². The molecule has 0 unspecified atom stereocenters. The lowest BCUT2D eigenvalue weighted by molar-refractivity contribution is -0.390. The average Bonchev–Trinajstić information content (AvgIpc) is 3.82. The van der Waals surface area contributed by atoms with Gasteiger partial charge >= 0.3 is 0 Å². The SMILES string of the molecule is C[C@H](CC[C@@]1(O)O[C@H]2C[C@H]3[C@@H]4CC[C@@H]5C[C@@H](O[C@@H]6O[C@H](CO)[C@@H](O[C@@H]7O[C@H](CO)[C@@H](O)[C@H](O)[C@H]7O)[C@H](O)[C@H]6O[C@@H]6O[C@@H](C)[C@H](O)[C@@H](O)[C@H]6O)CC[C@]5(C)[C@H]4CC[C@]3(C)[C@H]2[C@@H]1C)CO[C@@H]1O[C@H](CO)[C@@H](O)[C@H](O)[C@H]1O. The van der Waals surface area contributed by atoms with E-state index in [4.69, 9.17) is 42.6 Å². The van der Waals surface area contributed by atoms with Crippen LogP contribution in [0.1, 0.15) is 98.8 Å². The zero-order valence-electron chi connectivity index (χ0n) is 43.1. The van der Waals surface area contributed by atoms with Gasteiger partial charge in [-0.15, -0.1) is 0 Å². The van der Waals surface area contributed by atoms with Gasteiger partial charge in [0, 0.05) is 12.3 Å². The fourth-order valence-corrected chi connectivity index (χ4v) is 15.6. The molecule has 0 aromatic heterocycles. The maximum absolute atomic E-state index is 12.1. The van der Waals surface area contributed by atoms with Gasteiger partial charge in [-0.1, -0.05) is 27.7 Å². The van der Waals surface area contributed by atoms with Crippen molar-refractivity contribution in [3.63, 3.8) is 0 Å². The van der Waals surface area contributed by atoms with E-state index in [9.17, 15) is 71.5 Å². The van der Waals surface area contributed by atoms with Crippen LogP contribution in [0.2, 0.25) is 0 Å². The predicted octanol–water partition coefficient (Wildman–Crippen LogP) is -2.93. The first-order valence-corrected chi connectivity index (χ1v) is 27.2. The number of aliphatic hydroxyl groups excluding tert-OH is 13. The van der Waals surface area contributed by atoms with E-state index in [1.807, 2.05) is 6.92 Å². The molecule has 9 rings (SSSR count). The summed E-state index contributed by atoms with van der Waals surface area (Å²) in [6, 6.07) is 0. The number of aliphatic hydroxyl groups is 14. The number of rotatable bonds is 15. The molecule has 9 aliphatic rings. The van der Waals surface area contributed by atoms with Crippen molar-refractivity contribution < 1.29 is 114 Å². The van der Waals surface area contributed by atoms with Crippen molar-refractivity contribution in [3.05, 3.63) is 0 Å². The number of fused-ring (bicyclic) bond motifs is 7. The van der Waals surface area contributed by atoms with Crippen molar-refractivity contribution in [1.29, 1.82) is 0 Å². The third-order valence-electron chi connectivity index (χ3n) is 20.1. The van der Waals surface area contributed by atoms with E-state index >= 15 is 0 Å². The summed E-state index contributed by atoms with van der Waals surface area (Å²) in [7, 11) is 0. The summed E-state index contributed by atoms with van der Waals surface area (Å²) in [6.45, 7) is 8.49. The van der Waals surface area contributed by atoms with Gasteiger partial charge in [0.05, 0.1) is 44.7 Å². The smallest absolute Gasteiger partial charge is 0.187 e. The van der Waals surface area contributed by atoms with Crippen LogP contribution >= 0.6 is 0 Å². The molecule has 0 radical (unpaired) electrons. The summed E-state index contributed by atoms with van der Waals surface area (Å²) in [5, 5.41) is 149. The fourth-order valence-electron chi connectivity index (χ4n) is 15.6. The van der Waals surface area contributed by atoms with E-state index in [0.717, 1.165) is 38.5 Å². The lowest BCUT2D eigenvalue weighted by Gasteiger charge is -2.61. The van der Waals surface area contributed by atoms with Gasteiger partial charge in [-0.25, -0.2) is 0 Å². The van der Waals surface area contributed by atoms with E-state index in [-0.39, 0.29) is 47.2 Å². The van der Waals surface area contributed by atoms with Gasteiger partial charge in [-0.2, -0.15) is 0 Å². The minimum absolute atomic E-state index is 0.0171. The maximum Gasteiger partial charge on any atom is 0.187 e. The quantitative estimate of drug-likeness (QED) is 0.0730. The van der Waals surface area contributed by atoms with E-state index in [2.05, 4.69) is 20.8 Å². The molecule has 23 heteroatoms. The highest BCUT2D eigenvalue weighted by Crippen LogP contribution is 2.71. The van der Waals surface area contributed by atoms with Crippen molar-refractivity contribution in [2.24, 2.45) is 52.3 Å². The Morgan fingerprint density at radius 1 is 0.554 bits per heavy atom. The Bertz CT molecular complexity index is 1850. The first kappa shape index (κ1) is 57.8. The summed E-state index contributed by atoms with van der Waals surface area (Å²) in [4.78, 5) is 0. The molecule has 23 nitrogen and oxygen atoms in total. The summed E-state index contributed by atoms with van der Waals surface area (Å²) in [6.07, 6.45) is -22.7. The second-order valence-corrected chi connectivity index (χ2v) is 24.3. The van der Waals surface area contributed by atoms with Gasteiger partial charge in [-0.3, -0.25) is 0 Å². The van der Waals surface area contributed by atoms with Crippen LogP contribution in [0, 0.1) is 52.3 Å². The first-order valence-electron chi connectivity index (χ1n) is 27.2. The van der Waals surface area contributed by atoms with E-state index in [1.54, 1.807) is 0 Å². The Balaban J connectivity index is 0.833. The van der Waals surface area contributed by atoms with Crippen LogP contribution in [-0.2, 0) is 42.6 Å². The molecule has 5 saturated heterocycles.